The first-order valence-electron chi connectivity index (χ1n) is 3.59. The van der Waals surface area contributed by atoms with Crippen molar-refractivity contribution >= 4 is 38.5 Å². The number of hydrogen-bond acceptors (Lipinski definition) is 0. The molecular formula is C9H10BrI. The molecule has 0 unspecified atom stereocenters. The van der Waals surface area contributed by atoms with Gasteiger partial charge in [0.1, 0.15) is 0 Å². The Labute approximate surface area is 89.7 Å². The first-order chi connectivity index (χ1) is 5.15. The maximum absolute atomic E-state index is 3.57. The lowest BCUT2D eigenvalue weighted by Gasteiger charge is -2.05. The van der Waals surface area contributed by atoms with E-state index in [1.54, 1.807) is 0 Å². The summed E-state index contributed by atoms with van der Waals surface area (Å²) in [7, 11) is 0. The highest BCUT2D eigenvalue weighted by molar-refractivity contribution is 14.1. The minimum absolute atomic E-state index is 1.10. The average Bonchev–Trinajstić information content (AvgIpc) is 1.96. The van der Waals surface area contributed by atoms with Gasteiger partial charge in [-0.2, -0.15) is 0 Å². The fraction of sp³-hybridized carbons (Fsp3) is 0.333. The largest absolute Gasteiger partial charge is 0.0613 e. The molecule has 0 N–H and O–H groups in total. The normalized spacial score (nSPS) is 10.2. The summed E-state index contributed by atoms with van der Waals surface area (Å²) in [4.78, 5) is 0. The van der Waals surface area contributed by atoms with Gasteiger partial charge in [-0.3, -0.25) is 0 Å². The van der Waals surface area contributed by atoms with Crippen molar-refractivity contribution in [1.29, 1.82) is 0 Å². The van der Waals surface area contributed by atoms with E-state index >= 15 is 0 Å². The molecule has 0 atom stereocenters. The minimum atomic E-state index is 1.10. The van der Waals surface area contributed by atoms with E-state index < -0.39 is 0 Å². The Morgan fingerprint density at radius 2 is 2.09 bits per heavy atom. The van der Waals surface area contributed by atoms with Crippen molar-refractivity contribution in [3.8, 4) is 0 Å². The number of rotatable bonds is 1. The van der Waals surface area contributed by atoms with Gasteiger partial charge < -0.3 is 0 Å². The maximum atomic E-state index is 3.57. The van der Waals surface area contributed by atoms with Gasteiger partial charge in [-0.05, 0) is 59.2 Å². The molecule has 0 saturated carbocycles. The Morgan fingerprint density at radius 3 is 2.64 bits per heavy atom. The predicted octanol–water partition coefficient (Wildman–Crippen LogP) is 3.92. The SMILES string of the molecule is CCc1cc(I)cc(C)c1Br. The number of halogens is 2. The number of aryl methyl sites for hydroxylation is 2. The molecule has 1 rings (SSSR count). The van der Waals surface area contributed by atoms with Gasteiger partial charge in [-0.1, -0.05) is 22.9 Å². The highest BCUT2D eigenvalue weighted by Crippen LogP contribution is 2.24. The molecule has 0 heterocycles. The van der Waals surface area contributed by atoms with Crippen LogP contribution in [0.15, 0.2) is 16.6 Å². The van der Waals surface area contributed by atoms with Gasteiger partial charge >= 0.3 is 0 Å². The topological polar surface area (TPSA) is 0 Å². The quantitative estimate of drug-likeness (QED) is 0.687. The zero-order chi connectivity index (χ0) is 8.43. The number of benzene rings is 1. The second kappa shape index (κ2) is 3.90. The fourth-order valence-corrected chi connectivity index (χ4v) is 2.40. The van der Waals surface area contributed by atoms with E-state index in [9.17, 15) is 0 Å². The maximum Gasteiger partial charge on any atom is 0.0237 e. The first kappa shape index (κ1) is 9.52. The van der Waals surface area contributed by atoms with Crippen LogP contribution in [0.3, 0.4) is 0 Å². The van der Waals surface area contributed by atoms with E-state index in [0.717, 1.165) is 6.42 Å². The van der Waals surface area contributed by atoms with Crippen molar-refractivity contribution in [3.63, 3.8) is 0 Å². The number of hydrogen-bond donors (Lipinski definition) is 0. The lowest BCUT2D eigenvalue weighted by Crippen LogP contribution is -1.87. The van der Waals surface area contributed by atoms with Crippen LogP contribution in [0.5, 0.6) is 0 Å². The summed E-state index contributed by atoms with van der Waals surface area (Å²) in [5.74, 6) is 0. The van der Waals surface area contributed by atoms with Crippen LogP contribution in [-0.2, 0) is 6.42 Å². The van der Waals surface area contributed by atoms with Crippen molar-refractivity contribution < 1.29 is 0 Å². The van der Waals surface area contributed by atoms with E-state index in [4.69, 9.17) is 0 Å². The van der Waals surface area contributed by atoms with E-state index in [1.807, 2.05) is 0 Å². The van der Waals surface area contributed by atoms with Crippen molar-refractivity contribution in [2.24, 2.45) is 0 Å². The van der Waals surface area contributed by atoms with Gasteiger partial charge in [0.05, 0.1) is 0 Å². The summed E-state index contributed by atoms with van der Waals surface area (Å²) in [6, 6.07) is 4.40. The second-order valence-corrected chi connectivity index (χ2v) is 4.59. The molecule has 1 aromatic rings. The molecule has 60 valence electrons. The molecule has 1 aromatic carbocycles. The second-order valence-electron chi connectivity index (χ2n) is 2.55. The van der Waals surface area contributed by atoms with Gasteiger partial charge in [0.2, 0.25) is 0 Å². The molecule has 2 heteroatoms. The standard InChI is InChI=1S/C9H10BrI/c1-3-7-5-8(11)4-6(2)9(7)10/h4-5H,3H2,1-2H3. The van der Waals surface area contributed by atoms with Crippen molar-refractivity contribution in [2.75, 3.05) is 0 Å². The van der Waals surface area contributed by atoms with Crippen molar-refractivity contribution in [2.45, 2.75) is 20.3 Å². The zero-order valence-corrected chi connectivity index (χ0v) is 10.4. The first-order valence-corrected chi connectivity index (χ1v) is 5.47. The lowest BCUT2D eigenvalue weighted by atomic mass is 10.1. The van der Waals surface area contributed by atoms with E-state index in [0.29, 0.717) is 0 Å². The molecule has 0 radical (unpaired) electrons. The summed E-state index contributed by atoms with van der Waals surface area (Å²) >= 11 is 5.92. The smallest absolute Gasteiger partial charge is 0.0237 e. The molecule has 0 spiro atoms. The summed E-state index contributed by atoms with van der Waals surface area (Å²) in [5, 5.41) is 0. The third kappa shape index (κ3) is 2.18. The molecule has 0 aliphatic heterocycles. The summed E-state index contributed by atoms with van der Waals surface area (Å²) in [5.41, 5.74) is 2.73. The molecule has 0 aromatic heterocycles. The van der Waals surface area contributed by atoms with Crippen LogP contribution in [0.2, 0.25) is 0 Å². The molecule has 11 heavy (non-hydrogen) atoms. The van der Waals surface area contributed by atoms with Crippen LogP contribution >= 0.6 is 38.5 Å². The van der Waals surface area contributed by atoms with E-state index in [-0.39, 0.29) is 0 Å². The third-order valence-corrected chi connectivity index (χ3v) is 3.43. The molecule has 0 saturated heterocycles. The van der Waals surface area contributed by atoms with Crippen LogP contribution in [0.4, 0.5) is 0 Å². The Kier molecular flexibility index (Phi) is 3.37. The summed E-state index contributed by atoms with van der Waals surface area (Å²) in [6.07, 6.45) is 1.10. The Morgan fingerprint density at radius 1 is 1.45 bits per heavy atom. The van der Waals surface area contributed by atoms with E-state index in [2.05, 4.69) is 64.5 Å². The monoisotopic (exact) mass is 324 g/mol. The van der Waals surface area contributed by atoms with Crippen LogP contribution in [0.25, 0.3) is 0 Å². The fourth-order valence-electron chi connectivity index (χ4n) is 1.05. The molecule has 0 fully saturated rings. The zero-order valence-electron chi connectivity index (χ0n) is 6.62. The molecule has 0 bridgehead atoms. The Hall–Kier alpha value is 0.430. The third-order valence-electron chi connectivity index (χ3n) is 1.68. The van der Waals surface area contributed by atoms with Crippen LogP contribution < -0.4 is 0 Å². The Balaban J connectivity index is 3.24. The van der Waals surface area contributed by atoms with Crippen LogP contribution in [0, 0.1) is 10.5 Å². The predicted molar refractivity (Wildman–Crippen MR) is 61.0 cm³/mol. The highest BCUT2D eigenvalue weighted by atomic mass is 127. The molecule has 0 aliphatic rings. The molecular weight excluding hydrogens is 315 g/mol. The average molecular weight is 325 g/mol. The minimum Gasteiger partial charge on any atom is -0.0613 e. The Bertz CT molecular complexity index is 269. The van der Waals surface area contributed by atoms with Crippen molar-refractivity contribution in [3.05, 3.63) is 31.3 Å². The molecule has 0 aliphatic carbocycles. The van der Waals surface area contributed by atoms with Gasteiger partial charge in [0, 0.05) is 8.04 Å². The summed E-state index contributed by atoms with van der Waals surface area (Å²) in [6.45, 7) is 4.31. The van der Waals surface area contributed by atoms with Crippen LogP contribution in [-0.4, -0.2) is 0 Å². The van der Waals surface area contributed by atoms with Crippen LogP contribution in [0.1, 0.15) is 18.1 Å². The van der Waals surface area contributed by atoms with Crippen molar-refractivity contribution in [1.82, 2.24) is 0 Å². The molecule has 0 nitrogen and oxygen atoms in total. The van der Waals surface area contributed by atoms with Gasteiger partial charge in [0.25, 0.3) is 0 Å². The highest BCUT2D eigenvalue weighted by Gasteiger charge is 2.01. The van der Waals surface area contributed by atoms with Gasteiger partial charge in [-0.25, -0.2) is 0 Å². The van der Waals surface area contributed by atoms with E-state index in [1.165, 1.54) is 19.2 Å². The molecule has 0 amide bonds. The van der Waals surface area contributed by atoms with Gasteiger partial charge in [0.15, 0.2) is 0 Å². The summed E-state index contributed by atoms with van der Waals surface area (Å²) < 4.78 is 2.58. The van der Waals surface area contributed by atoms with Gasteiger partial charge in [-0.15, -0.1) is 0 Å². The lowest BCUT2D eigenvalue weighted by molar-refractivity contribution is 1.11.